The topological polar surface area (TPSA) is 555 Å². The van der Waals surface area contributed by atoms with E-state index >= 15 is 0 Å². The summed E-state index contributed by atoms with van der Waals surface area (Å²) in [4.78, 5) is 214. The van der Waals surface area contributed by atoms with Gasteiger partial charge in [0.25, 0.3) is 0 Å². The number of amides is 12. The third-order valence-electron chi connectivity index (χ3n) is 26.0. The van der Waals surface area contributed by atoms with Crippen LogP contribution in [-0.2, 0) is 99.2 Å². The summed E-state index contributed by atoms with van der Waals surface area (Å²) in [6, 6.07) is 31.4. The number of rotatable bonds is 28. The van der Waals surface area contributed by atoms with E-state index < -0.39 is 149 Å². The number of Topliss-reactive ketones (excluding diaryl/α,β-unsaturated/α-hetero) is 2. The number of guanidine groups is 2. The van der Waals surface area contributed by atoms with Crippen molar-refractivity contribution in [2.75, 3.05) is 32.7 Å². The van der Waals surface area contributed by atoms with Crippen molar-refractivity contribution in [2.24, 2.45) is 56.6 Å². The maximum atomic E-state index is 14.8. The number of ketones is 2. The molecule has 35 nitrogen and oxygen atoms in total. The second kappa shape index (κ2) is 51.8. The van der Waals surface area contributed by atoms with E-state index in [0.29, 0.717) is 19.3 Å². The normalized spacial score (nSPS) is 23.2. The molecule has 5 aliphatic rings. The number of aliphatic imine (C=N–C) groups is 2. The number of nitrogens with zero attached hydrogens (tertiary/aromatic N) is 3. The van der Waals surface area contributed by atoms with Crippen LogP contribution in [-0.4, -0.2) is 214 Å². The molecule has 12 amide bonds. The smallest absolute Gasteiger partial charge is 0.245 e. The molecule has 2 aliphatic carbocycles. The molecule has 0 bridgehead atoms. The lowest BCUT2D eigenvalue weighted by Crippen LogP contribution is -2.59. The lowest BCUT2D eigenvalue weighted by atomic mass is 9.84. The molecule has 5 heterocycles. The van der Waals surface area contributed by atoms with Gasteiger partial charge in [0.15, 0.2) is 23.5 Å². The van der Waals surface area contributed by atoms with Crippen LogP contribution in [0, 0.1) is 23.7 Å². The van der Waals surface area contributed by atoms with Crippen LogP contribution in [0.15, 0.2) is 162 Å². The number of aromatic nitrogens is 2. The Bertz CT molecular complexity index is 5250. The van der Waals surface area contributed by atoms with Gasteiger partial charge in [-0.2, -0.15) is 0 Å². The predicted octanol–water partition coefficient (Wildman–Crippen LogP) is 4.78. The Morgan fingerprint density at radius 2 is 0.837 bits per heavy atom. The fourth-order valence-electron chi connectivity index (χ4n) is 18.9. The van der Waals surface area contributed by atoms with Crippen LogP contribution in [0.2, 0.25) is 0 Å². The van der Waals surface area contributed by atoms with Crippen molar-refractivity contribution in [2.45, 2.75) is 260 Å². The third kappa shape index (κ3) is 31.9. The van der Waals surface area contributed by atoms with Crippen LogP contribution >= 0.6 is 0 Å². The van der Waals surface area contributed by atoms with Crippen molar-refractivity contribution in [1.29, 1.82) is 0 Å². The zero-order valence-corrected chi connectivity index (χ0v) is 77.2. The number of nitrogens with two attached hydrogens (primary N) is 4. The number of carbonyl (C=O) groups is 14. The van der Waals surface area contributed by atoms with Crippen LogP contribution in [0.3, 0.4) is 0 Å². The fourth-order valence-corrected chi connectivity index (χ4v) is 18.9. The molecule has 22 N–H and O–H groups in total. The average Bonchev–Trinajstić information content (AvgIpc) is 1.68. The highest BCUT2D eigenvalue weighted by Gasteiger charge is 2.45. The van der Waals surface area contributed by atoms with Crippen molar-refractivity contribution in [1.82, 2.24) is 73.4 Å². The SMILES string of the molecule is CC(=O)N[C@@H](Cc1ccccc1)C(=O)N[C@H]1CCCNC(=O)[C@H](CCCN=C(N)N)CC(=O)[C@H](Cc2c[nH]c3ccccc23)NC(=O)[C@@H](CC2CCCCC2)NC(=O)[C@@H]2C[C@@H](O)CN2C1=O.CC(=O)N[C@@H](Cc1ccccc1)C(=O)N[C@H]1CCCNC(=O)[C@H](CCCN=C(N)N)CC(=O)[C@H](Cc2c[nH]c3ccccc23)NC(=O)[C@@H](CC2CCCCC2)NC(=O)[C@H](Cc2ccccc2)NC1=O.[HH]. The highest BCUT2D eigenvalue weighted by Crippen LogP contribution is 2.32. The number of para-hydroxylation sites is 2. The minimum absolute atomic E-state index is 0. The first kappa shape index (κ1) is 102. The third-order valence-corrected chi connectivity index (χ3v) is 26.0. The van der Waals surface area contributed by atoms with Gasteiger partial charge in [-0.1, -0.05) is 192 Å². The van der Waals surface area contributed by atoms with Gasteiger partial charge < -0.3 is 101 Å². The van der Waals surface area contributed by atoms with E-state index in [1.165, 1.54) is 18.7 Å². The molecular formula is C100H136N20O15. The molecule has 2 saturated carbocycles. The van der Waals surface area contributed by atoms with Crippen molar-refractivity contribution in [3.05, 3.63) is 180 Å². The average molecular weight is 1860 g/mol. The minimum atomic E-state index is -1.23. The van der Waals surface area contributed by atoms with E-state index in [4.69, 9.17) is 22.9 Å². The standard InChI is InChI=1S/C52H68N10O7.C48H66N10O8.H2/c1-33(63)58-43(27-34-15-5-2-6-16-34)49(67)59-41-24-14-25-55-47(65)37(21-13-26-56-52(53)54)31-46(64)42(30-38-32-57-40-23-12-11-22-39(38)40)60-50(68)44(28-35-17-7-3-8-18-35)62-51(69)45(61-48(41)66)29-36-19-9-4-10-20-36;1-29(59)54-39(22-30-12-4-2-5-13-30)44(63)55-37-19-11-20-51-43(62)32(16-10-21-52-48(49)50)25-42(61)38(24-33-27-53-36-18-9-8-17-35(33)36)56-45(64)40(23-31-14-6-3-7-15-31)57-46(65)41-26-34(60)28-58(41)47(37)66;/h2,4-6,9-12,15-16,19-20,22-23,32,35,37,41-45,57H,3,7-8,13-14,17-18,21,24-31H2,1H3,(H,55,65)(H,58,63)(H,59,67)(H,60,68)(H,61,66)(H,62,69)(H4,53,54,56);2,4-5,8-9,12-13,17-18,27,31-32,34,37-41,53,60H,3,6-7,10-11,14-16,19-26,28H2,1H3,(H,51,62)(H,54,59)(H,55,63)(H,56,64)(H,57,65)(H4,49,50,52);1H/t37-,41+,42+,43+,44-,45+;32-,34-,37+,38+,39+,40-,41+;/m11./s1. The van der Waals surface area contributed by atoms with E-state index in [0.717, 1.165) is 114 Å². The second-order valence-corrected chi connectivity index (χ2v) is 36.5. The lowest BCUT2D eigenvalue weighted by Gasteiger charge is -2.32. The van der Waals surface area contributed by atoms with E-state index in [1.807, 2.05) is 146 Å². The maximum absolute atomic E-state index is 14.8. The number of benzene rings is 5. The van der Waals surface area contributed by atoms with E-state index in [9.17, 15) is 72.2 Å². The van der Waals surface area contributed by atoms with Crippen LogP contribution < -0.4 is 81.4 Å². The summed E-state index contributed by atoms with van der Waals surface area (Å²) in [5.41, 5.74) is 27.9. The summed E-state index contributed by atoms with van der Waals surface area (Å²) in [7, 11) is 0. The molecule has 3 aliphatic heterocycles. The second-order valence-electron chi connectivity index (χ2n) is 36.5. The summed E-state index contributed by atoms with van der Waals surface area (Å²) in [6.07, 6.45) is 14.3. The number of fused-ring (bicyclic) bond motifs is 3. The summed E-state index contributed by atoms with van der Waals surface area (Å²) in [5, 5.41) is 44.5. The number of aliphatic hydroxyl groups is 1. The Kier molecular flexibility index (Phi) is 39.2. The monoisotopic (exact) mass is 1860 g/mol. The Labute approximate surface area is 788 Å². The first-order valence-corrected chi connectivity index (χ1v) is 47.7. The highest BCUT2D eigenvalue weighted by atomic mass is 16.3. The van der Waals surface area contributed by atoms with Crippen molar-refractivity contribution in [3.8, 4) is 0 Å². The fraction of sp³-hybridized carbons (Fsp3) is 0.500. The minimum Gasteiger partial charge on any atom is -0.391 e. The van der Waals surface area contributed by atoms with E-state index in [2.05, 4.69) is 78.4 Å². The first-order valence-electron chi connectivity index (χ1n) is 47.7. The van der Waals surface area contributed by atoms with Crippen LogP contribution in [0.25, 0.3) is 21.8 Å². The molecule has 35 heteroatoms. The van der Waals surface area contributed by atoms with Crippen molar-refractivity contribution in [3.63, 3.8) is 0 Å². The Hall–Kier alpha value is -13.3. The molecule has 0 spiro atoms. The van der Waals surface area contributed by atoms with E-state index in [-0.39, 0.29) is 166 Å². The zero-order chi connectivity index (χ0) is 96.3. The number of aromatic amines is 2. The Morgan fingerprint density at radius 1 is 0.444 bits per heavy atom. The molecule has 726 valence electrons. The quantitative estimate of drug-likeness (QED) is 0.0178. The molecule has 0 unspecified atom stereocenters. The number of H-pyrrole nitrogens is 2. The van der Waals surface area contributed by atoms with Gasteiger partial charge in [0.05, 0.1) is 18.2 Å². The molecule has 5 fully saturated rings. The first-order chi connectivity index (χ1) is 65.1. The number of nitrogens with one attached hydrogen (secondary N) is 13. The number of carbonyl (C=O) groups excluding carboxylic acids is 14. The maximum Gasteiger partial charge on any atom is 0.245 e. The van der Waals surface area contributed by atoms with Gasteiger partial charge in [0.1, 0.15) is 48.3 Å². The molecular weight excluding hydrogens is 1720 g/mol. The van der Waals surface area contributed by atoms with Crippen LogP contribution in [0.5, 0.6) is 0 Å². The van der Waals surface area contributed by atoms with Gasteiger partial charge in [0.2, 0.25) is 70.9 Å². The van der Waals surface area contributed by atoms with Gasteiger partial charge >= 0.3 is 0 Å². The lowest BCUT2D eigenvalue weighted by molar-refractivity contribution is -0.143. The summed E-state index contributed by atoms with van der Waals surface area (Å²) in [5.74, 6) is -9.05. The molecule has 3 saturated heterocycles. The van der Waals surface area contributed by atoms with Crippen molar-refractivity contribution < 1.29 is 73.7 Å². The summed E-state index contributed by atoms with van der Waals surface area (Å²) >= 11 is 0. The van der Waals surface area contributed by atoms with E-state index in [1.54, 1.807) is 6.20 Å². The van der Waals surface area contributed by atoms with Gasteiger partial charge in [-0.25, -0.2) is 0 Å². The summed E-state index contributed by atoms with van der Waals surface area (Å²) in [6.45, 7) is 2.96. The number of aliphatic hydroxyl groups excluding tert-OH is 1. The number of hydrogen-bond donors (Lipinski definition) is 18. The Morgan fingerprint density at radius 3 is 1.28 bits per heavy atom. The molecule has 2 aromatic heterocycles. The Balaban J connectivity index is 0.000000279. The highest BCUT2D eigenvalue weighted by molar-refractivity contribution is 6.01. The van der Waals surface area contributed by atoms with Gasteiger partial charge in [0, 0.05) is 145 Å². The molecule has 0 radical (unpaired) electrons. The summed E-state index contributed by atoms with van der Waals surface area (Å²) < 4.78 is 0. The van der Waals surface area contributed by atoms with Crippen LogP contribution in [0.4, 0.5) is 0 Å². The zero-order valence-electron chi connectivity index (χ0n) is 77.2. The molecule has 7 aromatic rings. The van der Waals surface area contributed by atoms with Gasteiger partial charge in [-0.15, -0.1) is 0 Å². The van der Waals surface area contributed by atoms with Gasteiger partial charge in [-0.3, -0.25) is 77.1 Å². The van der Waals surface area contributed by atoms with Crippen LogP contribution in [0.1, 0.15) is 191 Å². The van der Waals surface area contributed by atoms with Gasteiger partial charge in [-0.05, 0) is 116 Å². The molecule has 12 rings (SSSR count). The van der Waals surface area contributed by atoms with Crippen molar-refractivity contribution >= 4 is 116 Å². The predicted molar refractivity (Wildman–Crippen MR) is 514 cm³/mol. The molecule has 135 heavy (non-hydrogen) atoms. The number of hydrogen-bond acceptors (Lipinski definition) is 17. The molecule has 5 aromatic carbocycles. The largest absolute Gasteiger partial charge is 0.391 e. The molecule has 13 atom stereocenters.